The number of piperidine rings is 2. The maximum atomic E-state index is 13.2. The Morgan fingerprint density at radius 3 is 2.86 bits per heavy atom. The first kappa shape index (κ1) is 18.0. The second-order valence-corrected chi connectivity index (χ2v) is 9.20. The van der Waals surface area contributed by atoms with Crippen molar-refractivity contribution >= 4 is 16.8 Å². The molecule has 2 aliphatic heterocycles. The Morgan fingerprint density at radius 1 is 1.36 bits per heavy atom. The highest BCUT2D eigenvalue weighted by atomic mass is 16.5. The molecule has 2 saturated carbocycles. The van der Waals surface area contributed by atoms with E-state index in [9.17, 15) is 9.90 Å². The fraction of sp³-hybridized carbons (Fsp3) is 0.609. The lowest BCUT2D eigenvalue weighted by atomic mass is 9.66. The Hall–Kier alpha value is -2.01. The molecular weight excluding hydrogens is 352 g/mol. The maximum Gasteiger partial charge on any atom is 0.223 e. The number of H-pyrrole nitrogens is 1. The van der Waals surface area contributed by atoms with E-state index in [2.05, 4.69) is 29.8 Å². The first-order valence-corrected chi connectivity index (χ1v) is 10.8. The monoisotopic (exact) mass is 382 g/mol. The van der Waals surface area contributed by atoms with E-state index in [0.717, 1.165) is 60.7 Å². The molecule has 28 heavy (non-hydrogen) atoms. The van der Waals surface area contributed by atoms with Crippen LogP contribution >= 0.6 is 0 Å². The molecule has 0 radical (unpaired) electrons. The number of nitrogens with zero attached hydrogens (tertiary/aromatic N) is 1. The molecule has 0 spiro atoms. The van der Waals surface area contributed by atoms with E-state index in [1.165, 1.54) is 0 Å². The molecule has 2 unspecified atom stereocenters. The van der Waals surface area contributed by atoms with Crippen molar-refractivity contribution in [1.82, 2.24) is 9.88 Å². The van der Waals surface area contributed by atoms with Crippen molar-refractivity contribution in [3.63, 3.8) is 0 Å². The molecule has 1 aromatic heterocycles. The summed E-state index contributed by atoms with van der Waals surface area (Å²) in [5.41, 5.74) is 1.72. The molecule has 5 nitrogen and oxygen atoms in total. The van der Waals surface area contributed by atoms with Crippen molar-refractivity contribution in [3.8, 4) is 5.75 Å². The molecule has 2 bridgehead atoms. The van der Waals surface area contributed by atoms with Gasteiger partial charge in [-0.15, -0.1) is 0 Å². The number of nitrogens with one attached hydrogen (secondary N) is 1. The fourth-order valence-corrected chi connectivity index (χ4v) is 5.27. The zero-order chi connectivity index (χ0) is 19.5. The minimum Gasteiger partial charge on any atom is -0.490 e. The summed E-state index contributed by atoms with van der Waals surface area (Å²) in [5.74, 6) is 1.27. The zero-order valence-corrected chi connectivity index (χ0v) is 16.8. The van der Waals surface area contributed by atoms with E-state index in [-0.39, 0.29) is 23.9 Å². The molecule has 2 atom stereocenters. The summed E-state index contributed by atoms with van der Waals surface area (Å²) >= 11 is 0. The van der Waals surface area contributed by atoms with Crippen LogP contribution in [0.5, 0.6) is 5.75 Å². The Labute approximate surface area is 166 Å². The van der Waals surface area contributed by atoms with Crippen LogP contribution in [-0.4, -0.2) is 44.7 Å². The minimum atomic E-state index is -0.514. The highest BCUT2D eigenvalue weighted by Gasteiger charge is 2.54. The van der Waals surface area contributed by atoms with Gasteiger partial charge in [-0.3, -0.25) is 4.79 Å². The first-order valence-electron chi connectivity index (χ1n) is 10.8. The van der Waals surface area contributed by atoms with E-state index >= 15 is 0 Å². The van der Waals surface area contributed by atoms with Gasteiger partial charge in [0.1, 0.15) is 5.75 Å². The van der Waals surface area contributed by atoms with Crippen molar-refractivity contribution in [3.05, 3.63) is 30.0 Å². The van der Waals surface area contributed by atoms with E-state index in [0.29, 0.717) is 12.5 Å². The van der Waals surface area contributed by atoms with Gasteiger partial charge in [-0.1, -0.05) is 19.9 Å². The summed E-state index contributed by atoms with van der Waals surface area (Å²) in [7, 11) is 0. The molecule has 4 fully saturated rings. The van der Waals surface area contributed by atoms with Crippen LogP contribution in [0.3, 0.4) is 0 Å². The smallest absolute Gasteiger partial charge is 0.223 e. The second kappa shape index (κ2) is 6.51. The third-order valence-corrected chi connectivity index (χ3v) is 6.92. The lowest BCUT2D eigenvalue weighted by Gasteiger charge is -2.58. The second-order valence-electron chi connectivity index (χ2n) is 9.20. The molecule has 5 heteroatoms. The molecule has 4 aliphatic rings. The molecule has 2 saturated heterocycles. The maximum absolute atomic E-state index is 13.2. The number of carbonyl (C=O) groups excluding carboxylic acids is 1. The number of fused-ring (bicyclic) bond motifs is 3. The molecular formula is C23H30N2O3. The van der Waals surface area contributed by atoms with E-state index in [1.54, 1.807) is 0 Å². The lowest BCUT2D eigenvalue weighted by molar-refractivity contribution is -0.178. The molecule has 1 aromatic carbocycles. The molecule has 2 aliphatic carbocycles. The first-order chi connectivity index (χ1) is 13.5. The van der Waals surface area contributed by atoms with Crippen LogP contribution in [-0.2, 0) is 4.79 Å². The number of benzene rings is 1. The quantitative estimate of drug-likeness (QED) is 0.790. The predicted octanol–water partition coefficient (Wildman–Crippen LogP) is 4.11. The van der Waals surface area contributed by atoms with E-state index in [4.69, 9.17) is 4.74 Å². The van der Waals surface area contributed by atoms with Crippen LogP contribution in [0, 0.1) is 0 Å². The number of carbonyl (C=O) groups is 1. The third-order valence-electron chi connectivity index (χ3n) is 6.92. The summed E-state index contributed by atoms with van der Waals surface area (Å²) < 4.78 is 6.13. The number of ether oxygens (including phenoxy) is 1. The van der Waals surface area contributed by atoms with Crippen molar-refractivity contribution in [2.45, 2.75) is 88.5 Å². The average Bonchev–Trinajstić information content (AvgIpc) is 3.35. The molecule has 2 aromatic rings. The Morgan fingerprint density at radius 2 is 2.14 bits per heavy atom. The van der Waals surface area contributed by atoms with Crippen molar-refractivity contribution < 1.29 is 14.6 Å². The van der Waals surface area contributed by atoms with Crippen LogP contribution in [0.4, 0.5) is 0 Å². The largest absolute Gasteiger partial charge is 0.490 e. The van der Waals surface area contributed by atoms with Crippen LogP contribution < -0.4 is 4.74 Å². The summed E-state index contributed by atoms with van der Waals surface area (Å²) in [4.78, 5) is 18.7. The highest BCUT2D eigenvalue weighted by Crippen LogP contribution is 2.47. The van der Waals surface area contributed by atoms with Gasteiger partial charge in [-0.05, 0) is 62.1 Å². The van der Waals surface area contributed by atoms with Crippen LogP contribution in [0.15, 0.2) is 24.4 Å². The Balaban J connectivity index is 1.36. The molecule has 150 valence electrons. The van der Waals surface area contributed by atoms with Gasteiger partial charge >= 0.3 is 0 Å². The summed E-state index contributed by atoms with van der Waals surface area (Å²) in [6.45, 7) is 4.25. The van der Waals surface area contributed by atoms with Crippen molar-refractivity contribution in [1.29, 1.82) is 0 Å². The average molecular weight is 383 g/mol. The lowest BCUT2D eigenvalue weighted by Crippen LogP contribution is -2.67. The number of amides is 1. The van der Waals surface area contributed by atoms with Crippen molar-refractivity contribution in [2.75, 3.05) is 0 Å². The number of aliphatic hydroxyl groups is 1. The summed E-state index contributed by atoms with van der Waals surface area (Å²) in [5, 5.41) is 11.6. The normalized spacial score (nSPS) is 30.2. The standard InChI is InChI=1S/C23H30N2O3/c1-3-15-10-23(27)11-16(12-23)25(15)21(26)9-14(2)18-13-24-19-5-4-6-20(22(18)19)28-17-7-8-17/h4-6,13-17,24,27H,3,7-12H2,1-2H3. The predicted molar refractivity (Wildman–Crippen MR) is 108 cm³/mol. The van der Waals surface area contributed by atoms with Gasteiger partial charge in [0.2, 0.25) is 5.91 Å². The van der Waals surface area contributed by atoms with Crippen LogP contribution in [0.25, 0.3) is 10.9 Å². The number of aromatic amines is 1. The van der Waals surface area contributed by atoms with Crippen LogP contribution in [0.2, 0.25) is 0 Å². The SMILES string of the molecule is CCC1CC2(O)CC(C2)N1C(=O)CC(C)c1c[nH]c2cccc(OC3CC3)c12. The summed E-state index contributed by atoms with van der Waals surface area (Å²) in [6.07, 6.45) is 8.27. The topological polar surface area (TPSA) is 65.6 Å². The Kier molecular flexibility index (Phi) is 4.20. The molecule has 3 heterocycles. The van der Waals surface area contributed by atoms with E-state index < -0.39 is 5.60 Å². The zero-order valence-electron chi connectivity index (χ0n) is 16.8. The fourth-order valence-electron chi connectivity index (χ4n) is 5.27. The van der Waals surface area contributed by atoms with Gasteiger partial charge < -0.3 is 19.7 Å². The number of hydrogen-bond acceptors (Lipinski definition) is 3. The molecule has 2 N–H and O–H groups in total. The number of hydrogen-bond donors (Lipinski definition) is 2. The van der Waals surface area contributed by atoms with Gasteiger partial charge in [0.05, 0.1) is 11.7 Å². The minimum absolute atomic E-state index is 0.114. The Bertz CT molecular complexity index is 894. The van der Waals surface area contributed by atoms with E-state index in [1.807, 2.05) is 18.3 Å². The third kappa shape index (κ3) is 3.00. The highest BCUT2D eigenvalue weighted by molar-refractivity contribution is 5.90. The molecule has 6 rings (SSSR count). The number of aromatic nitrogens is 1. The summed E-state index contributed by atoms with van der Waals surface area (Å²) in [6, 6.07) is 6.53. The van der Waals surface area contributed by atoms with Gasteiger partial charge in [-0.2, -0.15) is 0 Å². The van der Waals surface area contributed by atoms with Crippen molar-refractivity contribution in [2.24, 2.45) is 0 Å². The van der Waals surface area contributed by atoms with Gasteiger partial charge in [0, 0.05) is 35.6 Å². The van der Waals surface area contributed by atoms with Gasteiger partial charge in [0.15, 0.2) is 0 Å². The van der Waals surface area contributed by atoms with Gasteiger partial charge in [0.25, 0.3) is 0 Å². The molecule has 1 amide bonds. The number of rotatable bonds is 6. The van der Waals surface area contributed by atoms with Gasteiger partial charge in [-0.25, -0.2) is 0 Å². The van der Waals surface area contributed by atoms with Crippen LogP contribution in [0.1, 0.15) is 70.3 Å².